The fraction of sp³-hybridized carbons (Fsp3) is 0.400. The van der Waals surface area contributed by atoms with Crippen molar-refractivity contribution in [3.63, 3.8) is 0 Å². The molecule has 12 heteroatoms. The normalized spacial score (nSPS) is 11.5. The summed E-state index contributed by atoms with van der Waals surface area (Å²) in [5, 5.41) is 11.8. The van der Waals surface area contributed by atoms with E-state index in [1.165, 1.54) is 21.3 Å². The van der Waals surface area contributed by atoms with Gasteiger partial charge < -0.3 is 4.98 Å². The lowest BCUT2D eigenvalue weighted by Crippen LogP contribution is -2.40. The monoisotopic (exact) mass is 460 g/mol. The highest BCUT2D eigenvalue weighted by molar-refractivity contribution is 6.28. The predicted octanol–water partition coefficient (Wildman–Crippen LogP) is 2.15. The Labute approximate surface area is 186 Å². The zero-order chi connectivity index (χ0) is 22.7. The third-order valence-electron chi connectivity index (χ3n) is 5.18. The number of fused-ring (bicyclic) bond motifs is 1. The Kier molecular flexibility index (Phi) is 6.45. The molecule has 0 unspecified atom stereocenters. The highest BCUT2D eigenvalue weighted by atomic mass is 35.5. The van der Waals surface area contributed by atoms with Crippen molar-refractivity contribution in [3.05, 3.63) is 67.6 Å². The van der Waals surface area contributed by atoms with Crippen LogP contribution in [0.25, 0.3) is 11.2 Å². The number of aromatic nitrogens is 8. The summed E-state index contributed by atoms with van der Waals surface area (Å²) in [5.74, 6) is 0.244. The number of tetrazole rings is 1. The first-order chi connectivity index (χ1) is 15.5. The SMILES string of the molecule is CCCCn1c(=O)n(CCCn2nnnc2Cc2cccc(F)c2)c(=O)c2[nH]c(Cl)nc21. The molecule has 4 aromatic rings. The molecule has 0 fully saturated rings. The summed E-state index contributed by atoms with van der Waals surface area (Å²) in [6, 6.07) is 6.24. The van der Waals surface area contributed by atoms with Crippen molar-refractivity contribution < 1.29 is 4.39 Å². The Balaban J connectivity index is 1.54. The molecule has 0 aliphatic rings. The van der Waals surface area contributed by atoms with Crippen LogP contribution in [0.3, 0.4) is 0 Å². The summed E-state index contributed by atoms with van der Waals surface area (Å²) in [4.78, 5) is 32.7. The molecule has 4 rings (SSSR count). The second kappa shape index (κ2) is 9.43. The summed E-state index contributed by atoms with van der Waals surface area (Å²) >= 11 is 5.95. The molecule has 3 heterocycles. The summed E-state index contributed by atoms with van der Waals surface area (Å²) in [6.07, 6.45) is 2.47. The van der Waals surface area contributed by atoms with E-state index in [0.717, 1.165) is 18.4 Å². The Bertz CT molecular complexity index is 1360. The predicted molar refractivity (Wildman–Crippen MR) is 116 cm³/mol. The topological polar surface area (TPSA) is 116 Å². The highest BCUT2D eigenvalue weighted by Crippen LogP contribution is 2.11. The van der Waals surface area contributed by atoms with Crippen molar-refractivity contribution in [1.29, 1.82) is 0 Å². The van der Waals surface area contributed by atoms with E-state index in [4.69, 9.17) is 11.6 Å². The van der Waals surface area contributed by atoms with Crippen LogP contribution >= 0.6 is 11.6 Å². The maximum absolute atomic E-state index is 13.4. The van der Waals surface area contributed by atoms with E-state index in [1.54, 1.807) is 16.8 Å². The molecule has 0 radical (unpaired) electrons. The number of nitrogens with zero attached hydrogens (tertiary/aromatic N) is 7. The van der Waals surface area contributed by atoms with Gasteiger partial charge in [-0.05, 0) is 52.6 Å². The molecule has 0 amide bonds. The first-order valence-electron chi connectivity index (χ1n) is 10.4. The number of H-pyrrole nitrogens is 1. The van der Waals surface area contributed by atoms with Gasteiger partial charge in [0.05, 0.1) is 0 Å². The standard InChI is InChI=1S/C20H22ClFN8O2/c1-2-3-8-28-17-16(23-19(21)24-17)18(31)29(20(28)32)9-5-10-30-15(25-26-27-30)12-13-6-4-7-14(22)11-13/h4,6-7,11H,2-3,5,8-10,12H2,1H3,(H,23,24). The summed E-state index contributed by atoms with van der Waals surface area (Å²) in [6.45, 7) is 3.03. The lowest BCUT2D eigenvalue weighted by Gasteiger charge is -2.11. The second-order valence-corrected chi connectivity index (χ2v) is 7.81. The van der Waals surface area contributed by atoms with Crippen LogP contribution in [0.4, 0.5) is 4.39 Å². The van der Waals surface area contributed by atoms with E-state index >= 15 is 0 Å². The van der Waals surface area contributed by atoms with Crippen LogP contribution in [0.1, 0.15) is 37.6 Å². The van der Waals surface area contributed by atoms with E-state index in [2.05, 4.69) is 25.5 Å². The van der Waals surface area contributed by atoms with Gasteiger partial charge in [0.25, 0.3) is 5.56 Å². The minimum absolute atomic E-state index is 0.0650. The quantitative estimate of drug-likeness (QED) is 0.382. The van der Waals surface area contributed by atoms with Gasteiger partial charge in [0.2, 0.25) is 5.28 Å². The molecule has 0 aliphatic heterocycles. The van der Waals surface area contributed by atoms with Crippen molar-refractivity contribution in [2.45, 2.75) is 52.2 Å². The van der Waals surface area contributed by atoms with Crippen LogP contribution in [0.2, 0.25) is 5.28 Å². The molecule has 0 saturated carbocycles. The molecule has 10 nitrogen and oxygen atoms in total. The van der Waals surface area contributed by atoms with Gasteiger partial charge in [0.1, 0.15) is 5.82 Å². The van der Waals surface area contributed by atoms with E-state index in [-0.39, 0.29) is 28.8 Å². The number of hydrogen-bond donors (Lipinski definition) is 1. The molecule has 0 saturated heterocycles. The molecule has 1 aromatic carbocycles. The number of aromatic amines is 1. The molecule has 0 bridgehead atoms. The maximum atomic E-state index is 13.4. The van der Waals surface area contributed by atoms with Crippen LogP contribution < -0.4 is 11.2 Å². The number of rotatable bonds is 9. The number of nitrogens with one attached hydrogen (secondary N) is 1. The highest BCUT2D eigenvalue weighted by Gasteiger charge is 2.17. The molecule has 168 valence electrons. The van der Waals surface area contributed by atoms with Gasteiger partial charge in [0, 0.05) is 26.1 Å². The molecule has 0 aliphatic carbocycles. The molecule has 3 aromatic heterocycles. The average Bonchev–Trinajstić information content (AvgIpc) is 3.37. The van der Waals surface area contributed by atoms with Gasteiger partial charge >= 0.3 is 5.69 Å². The van der Waals surface area contributed by atoms with Crippen LogP contribution in [0, 0.1) is 5.82 Å². The number of imidazole rings is 1. The summed E-state index contributed by atoms with van der Waals surface area (Å²) < 4.78 is 17.7. The maximum Gasteiger partial charge on any atom is 0.332 e. The van der Waals surface area contributed by atoms with Crippen molar-refractivity contribution in [2.24, 2.45) is 0 Å². The van der Waals surface area contributed by atoms with Crippen LogP contribution in [-0.4, -0.2) is 39.3 Å². The Morgan fingerprint density at radius 1 is 1.12 bits per heavy atom. The first-order valence-corrected chi connectivity index (χ1v) is 10.7. The number of benzene rings is 1. The summed E-state index contributed by atoms with van der Waals surface area (Å²) in [5.41, 5.74) is 0.342. The number of unbranched alkanes of at least 4 members (excludes halogenated alkanes) is 1. The lowest BCUT2D eigenvalue weighted by molar-refractivity contribution is 0.475. The van der Waals surface area contributed by atoms with Crippen LogP contribution in [-0.2, 0) is 26.1 Å². The first kappa shape index (κ1) is 21.9. The minimum Gasteiger partial charge on any atom is -0.323 e. The average molecular weight is 461 g/mol. The van der Waals surface area contributed by atoms with Gasteiger partial charge in [0.15, 0.2) is 17.0 Å². The Morgan fingerprint density at radius 2 is 1.94 bits per heavy atom. The second-order valence-electron chi connectivity index (χ2n) is 7.45. The number of hydrogen-bond acceptors (Lipinski definition) is 6. The molecule has 32 heavy (non-hydrogen) atoms. The molecule has 1 N–H and O–H groups in total. The zero-order valence-corrected chi connectivity index (χ0v) is 18.2. The van der Waals surface area contributed by atoms with Crippen molar-refractivity contribution in [2.75, 3.05) is 0 Å². The van der Waals surface area contributed by atoms with Crippen LogP contribution in [0.5, 0.6) is 0 Å². The van der Waals surface area contributed by atoms with Crippen molar-refractivity contribution in [3.8, 4) is 0 Å². The third-order valence-corrected chi connectivity index (χ3v) is 5.36. The number of halogens is 2. The largest absolute Gasteiger partial charge is 0.332 e. The lowest BCUT2D eigenvalue weighted by atomic mass is 10.1. The number of aryl methyl sites for hydroxylation is 2. The fourth-order valence-corrected chi connectivity index (χ4v) is 3.76. The smallest absolute Gasteiger partial charge is 0.323 e. The molecule has 0 atom stereocenters. The van der Waals surface area contributed by atoms with Gasteiger partial charge in [-0.3, -0.25) is 13.9 Å². The van der Waals surface area contributed by atoms with Gasteiger partial charge in [-0.25, -0.2) is 13.9 Å². The van der Waals surface area contributed by atoms with E-state index in [0.29, 0.717) is 31.8 Å². The van der Waals surface area contributed by atoms with Crippen molar-refractivity contribution >= 4 is 22.8 Å². The molecular weight excluding hydrogens is 439 g/mol. The minimum atomic E-state index is -0.464. The Morgan fingerprint density at radius 3 is 2.72 bits per heavy atom. The van der Waals surface area contributed by atoms with Gasteiger partial charge in [-0.15, -0.1) is 5.10 Å². The van der Waals surface area contributed by atoms with E-state index in [9.17, 15) is 14.0 Å². The zero-order valence-electron chi connectivity index (χ0n) is 17.5. The van der Waals surface area contributed by atoms with Crippen LogP contribution in [0.15, 0.2) is 33.9 Å². The fourth-order valence-electron chi connectivity index (χ4n) is 3.59. The molecule has 0 spiro atoms. The van der Waals surface area contributed by atoms with E-state index in [1.807, 2.05) is 6.92 Å². The summed E-state index contributed by atoms with van der Waals surface area (Å²) in [7, 11) is 0. The Hall–Kier alpha value is -3.34. The molecular formula is C20H22ClFN8O2. The third kappa shape index (κ3) is 4.47. The van der Waals surface area contributed by atoms with Gasteiger partial charge in [-0.1, -0.05) is 25.5 Å². The van der Waals surface area contributed by atoms with Crippen molar-refractivity contribution in [1.82, 2.24) is 39.3 Å². The van der Waals surface area contributed by atoms with E-state index < -0.39 is 11.2 Å². The van der Waals surface area contributed by atoms with Gasteiger partial charge in [-0.2, -0.15) is 4.98 Å².